The monoisotopic (exact) mass is 379 g/mol. The molecule has 8 heteroatoms. The van der Waals surface area contributed by atoms with Gasteiger partial charge in [-0.1, -0.05) is 0 Å². The van der Waals surface area contributed by atoms with Gasteiger partial charge in [0, 0.05) is 17.6 Å². The summed E-state index contributed by atoms with van der Waals surface area (Å²) in [4.78, 5) is 13.9. The first-order valence-corrected chi connectivity index (χ1v) is 8.37. The Labute approximate surface area is 142 Å². The number of nitrogens with zero attached hydrogens (tertiary/aromatic N) is 2. The van der Waals surface area contributed by atoms with Crippen LogP contribution < -0.4 is 25.7 Å². The topological polar surface area (TPSA) is 78.0 Å². The fourth-order valence-corrected chi connectivity index (χ4v) is 3.48. The van der Waals surface area contributed by atoms with Crippen LogP contribution in [0.2, 0.25) is 0 Å². The number of carbonyl (C=O) groups excluding carboxylic acids is 1. The molecule has 122 valence electrons. The van der Waals surface area contributed by atoms with Crippen molar-refractivity contribution in [3.63, 3.8) is 0 Å². The number of hydrazone groups is 1. The van der Waals surface area contributed by atoms with Crippen molar-refractivity contribution < 1.29 is 9.53 Å². The minimum absolute atomic E-state index is 0.0358. The quantitative estimate of drug-likeness (QED) is 0.720. The Morgan fingerprint density at radius 2 is 2.26 bits per heavy atom. The zero-order valence-electron chi connectivity index (χ0n) is 12.9. The summed E-state index contributed by atoms with van der Waals surface area (Å²) in [6.45, 7) is 6.23. The maximum atomic E-state index is 12.0. The molecule has 3 aliphatic heterocycles. The van der Waals surface area contributed by atoms with E-state index >= 15 is 0 Å². The molecule has 0 spiro atoms. The van der Waals surface area contributed by atoms with Gasteiger partial charge in [0.05, 0.1) is 16.9 Å². The summed E-state index contributed by atoms with van der Waals surface area (Å²) in [5, 5.41) is 11.0. The van der Waals surface area contributed by atoms with Crippen LogP contribution in [0.25, 0.3) is 0 Å². The lowest BCUT2D eigenvalue weighted by molar-refractivity contribution is -0.122. The molecule has 1 fully saturated rings. The summed E-state index contributed by atoms with van der Waals surface area (Å²) in [5.74, 6) is 1.35. The minimum Gasteiger partial charge on any atom is -0.483 e. The van der Waals surface area contributed by atoms with E-state index in [0.29, 0.717) is 6.61 Å². The van der Waals surface area contributed by atoms with Gasteiger partial charge in [-0.05, 0) is 41.9 Å². The standard InChI is InChI=1S/C15H18BrN5O2/c1-8-14(22)20-19-13-5-23-12-3-9(16)10(4-11(12)21(8)13)18-15(2)6-17-7-15/h3-4,8,17-18H,5-7H2,1-2H3,(H,20,22). The molecule has 0 bridgehead atoms. The molecule has 0 aromatic heterocycles. The first-order chi connectivity index (χ1) is 11.0. The molecular formula is C15H18BrN5O2. The van der Waals surface area contributed by atoms with Gasteiger partial charge in [0.15, 0.2) is 5.84 Å². The van der Waals surface area contributed by atoms with Gasteiger partial charge in [-0.25, -0.2) is 5.43 Å². The van der Waals surface area contributed by atoms with Crippen molar-refractivity contribution in [2.24, 2.45) is 5.10 Å². The largest absolute Gasteiger partial charge is 0.483 e. The third kappa shape index (κ3) is 2.36. The Hall–Kier alpha value is -1.80. The molecule has 7 nitrogen and oxygen atoms in total. The van der Waals surface area contributed by atoms with E-state index in [4.69, 9.17) is 4.74 Å². The second-order valence-electron chi connectivity index (χ2n) is 6.43. The Morgan fingerprint density at radius 1 is 1.48 bits per heavy atom. The van der Waals surface area contributed by atoms with E-state index in [1.165, 1.54) is 0 Å². The second-order valence-corrected chi connectivity index (χ2v) is 7.28. The first kappa shape index (κ1) is 14.8. The summed E-state index contributed by atoms with van der Waals surface area (Å²) in [5.41, 5.74) is 4.42. The van der Waals surface area contributed by atoms with Crippen molar-refractivity contribution >= 4 is 39.0 Å². The third-order valence-corrected chi connectivity index (χ3v) is 5.13. The number of hydrogen-bond acceptors (Lipinski definition) is 6. The van der Waals surface area contributed by atoms with Crippen LogP contribution in [0.15, 0.2) is 21.7 Å². The molecule has 4 rings (SSSR count). The number of nitrogens with one attached hydrogen (secondary N) is 3. The van der Waals surface area contributed by atoms with Crippen LogP contribution in [0.5, 0.6) is 5.75 Å². The van der Waals surface area contributed by atoms with Crippen LogP contribution >= 0.6 is 15.9 Å². The average molecular weight is 380 g/mol. The summed E-state index contributed by atoms with van der Waals surface area (Å²) in [7, 11) is 0. The normalized spacial score (nSPS) is 24.5. The zero-order valence-corrected chi connectivity index (χ0v) is 14.5. The highest BCUT2D eigenvalue weighted by atomic mass is 79.9. The number of amides is 1. The molecule has 3 N–H and O–H groups in total. The molecule has 3 aliphatic rings. The van der Waals surface area contributed by atoms with E-state index in [2.05, 4.69) is 44.0 Å². The lowest BCUT2D eigenvalue weighted by atomic mass is 9.95. The molecule has 1 unspecified atom stereocenters. The van der Waals surface area contributed by atoms with Crippen molar-refractivity contribution in [2.45, 2.75) is 25.4 Å². The summed E-state index contributed by atoms with van der Waals surface area (Å²) < 4.78 is 6.73. The maximum absolute atomic E-state index is 12.0. The van der Waals surface area contributed by atoms with Crippen LogP contribution in [-0.2, 0) is 4.79 Å². The molecule has 0 radical (unpaired) electrons. The van der Waals surface area contributed by atoms with E-state index in [9.17, 15) is 4.79 Å². The number of rotatable bonds is 2. The minimum atomic E-state index is -0.319. The van der Waals surface area contributed by atoms with Crippen molar-refractivity contribution in [1.29, 1.82) is 0 Å². The average Bonchev–Trinajstić information content (AvgIpc) is 2.50. The van der Waals surface area contributed by atoms with Gasteiger partial charge in [-0.3, -0.25) is 4.79 Å². The number of amidine groups is 1. The third-order valence-electron chi connectivity index (χ3n) is 4.47. The molecule has 1 amide bonds. The summed E-state index contributed by atoms with van der Waals surface area (Å²) >= 11 is 3.61. The lowest BCUT2D eigenvalue weighted by Crippen LogP contribution is -2.62. The van der Waals surface area contributed by atoms with Crippen molar-refractivity contribution in [2.75, 3.05) is 29.9 Å². The first-order valence-electron chi connectivity index (χ1n) is 7.58. The fourth-order valence-electron chi connectivity index (χ4n) is 3.06. The van der Waals surface area contributed by atoms with Gasteiger partial charge < -0.3 is 20.3 Å². The van der Waals surface area contributed by atoms with E-state index in [1.807, 2.05) is 24.0 Å². The predicted molar refractivity (Wildman–Crippen MR) is 92.1 cm³/mol. The molecular weight excluding hydrogens is 362 g/mol. The van der Waals surface area contributed by atoms with E-state index in [1.54, 1.807) is 0 Å². The molecule has 1 atom stereocenters. The Balaban J connectivity index is 1.75. The predicted octanol–water partition coefficient (Wildman–Crippen LogP) is 1.25. The van der Waals surface area contributed by atoms with Gasteiger partial charge in [-0.15, -0.1) is 0 Å². The number of fused-ring (bicyclic) bond motifs is 3. The molecule has 3 heterocycles. The highest BCUT2D eigenvalue weighted by Gasteiger charge is 2.37. The number of carbonyl (C=O) groups is 1. The number of benzene rings is 1. The highest BCUT2D eigenvalue weighted by molar-refractivity contribution is 9.10. The molecule has 0 aliphatic carbocycles. The Bertz CT molecular complexity index is 716. The summed E-state index contributed by atoms with van der Waals surface area (Å²) in [6, 6.07) is 3.65. The lowest BCUT2D eigenvalue weighted by Gasteiger charge is -2.42. The van der Waals surface area contributed by atoms with Gasteiger partial charge >= 0.3 is 0 Å². The van der Waals surface area contributed by atoms with E-state index < -0.39 is 0 Å². The van der Waals surface area contributed by atoms with Gasteiger partial charge in [-0.2, -0.15) is 5.10 Å². The van der Waals surface area contributed by atoms with Crippen molar-refractivity contribution in [3.05, 3.63) is 16.6 Å². The zero-order chi connectivity index (χ0) is 16.2. The molecule has 0 saturated carbocycles. The van der Waals surface area contributed by atoms with Crippen molar-refractivity contribution in [3.8, 4) is 5.75 Å². The van der Waals surface area contributed by atoms with Crippen molar-refractivity contribution in [1.82, 2.24) is 10.7 Å². The second kappa shape index (κ2) is 5.10. The smallest absolute Gasteiger partial charge is 0.262 e. The SMILES string of the molecule is CC1C(=O)NN=C2COc3cc(Br)c(NC4(C)CNC4)cc3N21. The number of ether oxygens (including phenoxy) is 1. The van der Waals surface area contributed by atoms with Crippen LogP contribution in [0.1, 0.15) is 13.8 Å². The fraction of sp³-hybridized carbons (Fsp3) is 0.467. The Kier molecular flexibility index (Phi) is 3.28. The summed E-state index contributed by atoms with van der Waals surface area (Å²) in [6.07, 6.45) is 0. The van der Waals surface area contributed by atoms with Gasteiger partial charge in [0.2, 0.25) is 0 Å². The number of anilines is 2. The van der Waals surface area contributed by atoms with Gasteiger partial charge in [0.25, 0.3) is 5.91 Å². The van der Waals surface area contributed by atoms with Gasteiger partial charge in [0.1, 0.15) is 18.4 Å². The van der Waals surface area contributed by atoms with Crippen LogP contribution in [0, 0.1) is 0 Å². The van der Waals surface area contributed by atoms with Crippen LogP contribution in [0.3, 0.4) is 0 Å². The van der Waals surface area contributed by atoms with Crippen LogP contribution in [0.4, 0.5) is 11.4 Å². The molecule has 1 saturated heterocycles. The number of halogens is 1. The van der Waals surface area contributed by atoms with E-state index in [-0.39, 0.29) is 17.5 Å². The molecule has 1 aromatic carbocycles. The van der Waals surface area contributed by atoms with E-state index in [0.717, 1.165) is 40.5 Å². The van der Waals surface area contributed by atoms with Crippen LogP contribution in [-0.4, -0.2) is 43.0 Å². The Morgan fingerprint density at radius 3 is 2.96 bits per heavy atom. The molecule has 1 aromatic rings. The maximum Gasteiger partial charge on any atom is 0.262 e. The molecule has 23 heavy (non-hydrogen) atoms. The highest BCUT2D eigenvalue weighted by Crippen LogP contribution is 2.41. The number of hydrogen-bond donors (Lipinski definition) is 3.